The van der Waals surface area contributed by atoms with Crippen LogP contribution in [0.2, 0.25) is 0 Å². The average Bonchev–Trinajstić information content (AvgIpc) is 1.87. The summed E-state index contributed by atoms with van der Waals surface area (Å²) in [7, 11) is 0. The van der Waals surface area contributed by atoms with E-state index in [1.54, 1.807) is 0 Å². The number of unbranched alkanes of at least 4 members (excludes halogenated alkanes) is 4. The predicted molar refractivity (Wildman–Crippen MR) is 49.0 cm³/mol. The first-order valence-corrected chi connectivity index (χ1v) is 3.99. The number of hydrogen-bond acceptors (Lipinski definition) is 1. The third-order valence-corrected chi connectivity index (χ3v) is 1.49. The molecule has 0 aromatic heterocycles. The van der Waals surface area contributed by atoms with E-state index in [9.17, 15) is 4.79 Å². The molecule has 0 bridgehead atoms. The van der Waals surface area contributed by atoms with Gasteiger partial charge in [-0.2, -0.15) is 0 Å². The molecule has 1 N–H and O–H groups in total. The Hall–Kier alpha value is 0.730. The predicted octanol–water partition coefficient (Wildman–Crippen LogP) is 2.28. The van der Waals surface area contributed by atoms with Crippen LogP contribution in [0.4, 0.5) is 0 Å². The standard InChI is InChI=1S/C8H16O2.Ca.2H/c1-2-3-4-5-6-7-8(9)10;;;/h2-7H2,1H3,(H,9,10);;;/q;+2;2*-1. The Bertz CT molecular complexity index is 102. The molecule has 0 radical (unpaired) electrons. The van der Waals surface area contributed by atoms with Crippen molar-refractivity contribution < 1.29 is 12.8 Å². The largest absolute Gasteiger partial charge is 2.00 e. The Kier molecular flexibility index (Phi) is 13.9. The van der Waals surface area contributed by atoms with Crippen LogP contribution >= 0.6 is 0 Å². The van der Waals surface area contributed by atoms with Crippen molar-refractivity contribution in [2.24, 2.45) is 0 Å². The van der Waals surface area contributed by atoms with E-state index in [2.05, 4.69) is 6.92 Å². The quantitative estimate of drug-likeness (QED) is 0.510. The van der Waals surface area contributed by atoms with Crippen LogP contribution in [0.1, 0.15) is 48.3 Å². The zero-order valence-corrected chi connectivity index (χ0v) is 9.51. The van der Waals surface area contributed by atoms with E-state index >= 15 is 0 Å². The molecule has 0 saturated heterocycles. The fraction of sp³-hybridized carbons (Fsp3) is 0.875. The molecule has 0 unspecified atom stereocenters. The van der Waals surface area contributed by atoms with E-state index in [0.29, 0.717) is 6.42 Å². The zero-order valence-electron chi connectivity index (χ0n) is 9.31. The van der Waals surface area contributed by atoms with E-state index in [0.717, 1.165) is 12.8 Å². The topological polar surface area (TPSA) is 37.3 Å². The van der Waals surface area contributed by atoms with E-state index in [4.69, 9.17) is 5.11 Å². The van der Waals surface area contributed by atoms with Crippen molar-refractivity contribution in [1.82, 2.24) is 0 Å². The van der Waals surface area contributed by atoms with Gasteiger partial charge < -0.3 is 7.96 Å². The van der Waals surface area contributed by atoms with Crippen LogP contribution < -0.4 is 0 Å². The molecule has 0 fully saturated rings. The van der Waals surface area contributed by atoms with Gasteiger partial charge >= 0.3 is 43.7 Å². The molecule has 0 aliphatic heterocycles. The van der Waals surface area contributed by atoms with Crippen molar-refractivity contribution in [3.05, 3.63) is 0 Å². The van der Waals surface area contributed by atoms with Crippen LogP contribution in [0.5, 0.6) is 0 Å². The van der Waals surface area contributed by atoms with Crippen molar-refractivity contribution in [1.29, 1.82) is 0 Å². The summed E-state index contributed by atoms with van der Waals surface area (Å²) in [6, 6.07) is 0. The molecular formula is C8H18CaO2. The third kappa shape index (κ3) is 13.7. The summed E-state index contributed by atoms with van der Waals surface area (Å²) in [5, 5.41) is 8.27. The van der Waals surface area contributed by atoms with Crippen molar-refractivity contribution in [2.45, 2.75) is 45.4 Å². The second kappa shape index (κ2) is 10.7. The minimum Gasteiger partial charge on any atom is -1.00 e. The summed E-state index contributed by atoms with van der Waals surface area (Å²) in [4.78, 5) is 10.0. The van der Waals surface area contributed by atoms with Crippen LogP contribution in [0.3, 0.4) is 0 Å². The molecule has 11 heavy (non-hydrogen) atoms. The Balaban J connectivity index is -0.000000135. The van der Waals surface area contributed by atoms with E-state index < -0.39 is 5.97 Å². The zero-order chi connectivity index (χ0) is 7.82. The normalized spacial score (nSPS) is 8.82. The maximum atomic E-state index is 10.0. The van der Waals surface area contributed by atoms with Gasteiger partial charge in [0.1, 0.15) is 0 Å². The number of carboxylic acid groups (broad SMARTS) is 1. The number of aliphatic carboxylic acids is 1. The first kappa shape index (κ1) is 14.3. The SMILES string of the molecule is CCCCCCCC(=O)O.[Ca+2].[H-].[H-]. The summed E-state index contributed by atoms with van der Waals surface area (Å²) in [5.74, 6) is -0.670. The number of hydrogen-bond donors (Lipinski definition) is 1. The molecule has 0 aliphatic rings. The number of rotatable bonds is 6. The Morgan fingerprint density at radius 2 is 1.82 bits per heavy atom. The van der Waals surface area contributed by atoms with Crippen molar-refractivity contribution in [3.63, 3.8) is 0 Å². The van der Waals surface area contributed by atoms with Crippen LogP contribution in [0.15, 0.2) is 0 Å². The Morgan fingerprint density at radius 1 is 1.27 bits per heavy atom. The molecule has 0 heterocycles. The minimum absolute atomic E-state index is 0. The van der Waals surface area contributed by atoms with Gasteiger partial charge in [-0.05, 0) is 6.42 Å². The maximum absolute atomic E-state index is 10.0. The van der Waals surface area contributed by atoms with Gasteiger partial charge in [0.15, 0.2) is 0 Å². The monoisotopic (exact) mass is 186 g/mol. The van der Waals surface area contributed by atoms with Crippen molar-refractivity contribution >= 4 is 43.7 Å². The van der Waals surface area contributed by atoms with Crippen LogP contribution in [-0.2, 0) is 4.79 Å². The molecule has 0 aliphatic carbocycles. The molecule has 0 amide bonds. The van der Waals surface area contributed by atoms with Gasteiger partial charge in [0.2, 0.25) is 0 Å². The summed E-state index contributed by atoms with van der Waals surface area (Å²) < 4.78 is 0. The molecule has 3 heteroatoms. The first-order valence-electron chi connectivity index (χ1n) is 3.99. The average molecular weight is 186 g/mol. The second-order valence-electron chi connectivity index (χ2n) is 2.56. The van der Waals surface area contributed by atoms with Crippen molar-refractivity contribution in [2.75, 3.05) is 0 Å². The number of carbonyl (C=O) groups is 1. The molecule has 0 saturated carbocycles. The molecule has 0 aromatic rings. The molecule has 0 aromatic carbocycles. The smallest absolute Gasteiger partial charge is 1.00 e. The van der Waals surface area contributed by atoms with Gasteiger partial charge in [-0.3, -0.25) is 4.79 Å². The van der Waals surface area contributed by atoms with E-state index in [-0.39, 0.29) is 40.6 Å². The van der Waals surface area contributed by atoms with E-state index in [1.807, 2.05) is 0 Å². The van der Waals surface area contributed by atoms with E-state index in [1.165, 1.54) is 19.3 Å². The summed E-state index contributed by atoms with van der Waals surface area (Å²) in [6.07, 6.45) is 5.88. The van der Waals surface area contributed by atoms with Gasteiger partial charge in [0, 0.05) is 6.42 Å². The first-order chi connectivity index (χ1) is 4.77. The maximum Gasteiger partial charge on any atom is 2.00 e. The molecule has 0 spiro atoms. The van der Waals surface area contributed by atoms with Crippen LogP contribution in [-0.4, -0.2) is 48.8 Å². The van der Waals surface area contributed by atoms with Crippen molar-refractivity contribution in [3.8, 4) is 0 Å². The minimum atomic E-state index is -0.670. The summed E-state index contributed by atoms with van der Waals surface area (Å²) >= 11 is 0. The number of carboxylic acids is 1. The van der Waals surface area contributed by atoms with Gasteiger partial charge in [-0.1, -0.05) is 32.6 Å². The Morgan fingerprint density at radius 3 is 2.27 bits per heavy atom. The van der Waals surface area contributed by atoms with Gasteiger partial charge in [-0.15, -0.1) is 0 Å². The fourth-order valence-electron chi connectivity index (χ4n) is 0.880. The molecule has 0 rings (SSSR count). The third-order valence-electron chi connectivity index (χ3n) is 1.49. The van der Waals surface area contributed by atoms with Crippen LogP contribution in [0, 0.1) is 0 Å². The van der Waals surface area contributed by atoms with Gasteiger partial charge in [0.25, 0.3) is 0 Å². The van der Waals surface area contributed by atoms with Gasteiger partial charge in [-0.25, -0.2) is 0 Å². The molecule has 64 valence electrons. The Labute approximate surface area is 101 Å². The molecule has 0 atom stereocenters. The van der Waals surface area contributed by atoms with Crippen LogP contribution in [0.25, 0.3) is 0 Å². The van der Waals surface area contributed by atoms with Gasteiger partial charge in [0.05, 0.1) is 0 Å². The summed E-state index contributed by atoms with van der Waals surface area (Å²) in [5.41, 5.74) is 0. The second-order valence-corrected chi connectivity index (χ2v) is 2.56. The molecule has 2 nitrogen and oxygen atoms in total. The summed E-state index contributed by atoms with van der Waals surface area (Å²) in [6.45, 7) is 2.15. The fourth-order valence-corrected chi connectivity index (χ4v) is 0.880. The molecular weight excluding hydrogens is 168 g/mol.